The van der Waals surface area contributed by atoms with Gasteiger partial charge in [0.05, 0.1) is 7.11 Å². The zero-order valence-corrected chi connectivity index (χ0v) is 13.9. The minimum Gasteiger partial charge on any atom is -0.497 e. The number of carbonyl (C=O) groups is 1. The van der Waals surface area contributed by atoms with Crippen LogP contribution in [0.1, 0.15) is 16.1 Å². The summed E-state index contributed by atoms with van der Waals surface area (Å²) < 4.78 is 5.12. The summed E-state index contributed by atoms with van der Waals surface area (Å²) in [5, 5.41) is 6.13. The van der Waals surface area contributed by atoms with Gasteiger partial charge in [-0.25, -0.2) is 0 Å². The number of nitrogens with one attached hydrogen (secondary N) is 2. The van der Waals surface area contributed by atoms with E-state index in [1.165, 1.54) is 0 Å². The monoisotopic (exact) mass is 333 g/mol. The maximum atomic E-state index is 12.3. The van der Waals surface area contributed by atoms with Crippen LogP contribution >= 0.6 is 0 Å². The zero-order valence-electron chi connectivity index (χ0n) is 13.9. The SMILES string of the molecule is COc1ccc(CNC(=O)c2cc(Nc3ccccc3)ccn2)cc1. The summed E-state index contributed by atoms with van der Waals surface area (Å²) >= 11 is 0. The van der Waals surface area contributed by atoms with E-state index in [0.717, 1.165) is 22.7 Å². The van der Waals surface area contributed by atoms with Crippen LogP contribution in [-0.4, -0.2) is 18.0 Å². The van der Waals surface area contributed by atoms with Crippen molar-refractivity contribution in [3.63, 3.8) is 0 Å². The van der Waals surface area contributed by atoms with Gasteiger partial charge in [0.2, 0.25) is 0 Å². The number of para-hydroxylation sites is 1. The average molecular weight is 333 g/mol. The summed E-state index contributed by atoms with van der Waals surface area (Å²) in [4.78, 5) is 16.5. The van der Waals surface area contributed by atoms with E-state index in [2.05, 4.69) is 15.6 Å². The number of pyridine rings is 1. The lowest BCUT2D eigenvalue weighted by molar-refractivity contribution is 0.0946. The molecule has 2 N–H and O–H groups in total. The van der Waals surface area contributed by atoms with Crippen LogP contribution in [0.3, 0.4) is 0 Å². The van der Waals surface area contributed by atoms with E-state index in [0.29, 0.717) is 12.2 Å². The van der Waals surface area contributed by atoms with E-state index < -0.39 is 0 Å². The topological polar surface area (TPSA) is 63.2 Å². The highest BCUT2D eigenvalue weighted by Gasteiger charge is 2.08. The van der Waals surface area contributed by atoms with Gasteiger partial charge in [-0.2, -0.15) is 0 Å². The Hall–Kier alpha value is -3.34. The maximum absolute atomic E-state index is 12.3. The van der Waals surface area contributed by atoms with Crippen LogP contribution in [0.2, 0.25) is 0 Å². The number of aromatic nitrogens is 1. The van der Waals surface area contributed by atoms with E-state index in [4.69, 9.17) is 4.74 Å². The molecule has 1 aromatic heterocycles. The summed E-state index contributed by atoms with van der Waals surface area (Å²) in [6.45, 7) is 0.431. The average Bonchev–Trinajstić information content (AvgIpc) is 2.67. The summed E-state index contributed by atoms with van der Waals surface area (Å²) in [7, 11) is 1.62. The van der Waals surface area contributed by atoms with E-state index in [9.17, 15) is 4.79 Å². The summed E-state index contributed by atoms with van der Waals surface area (Å²) in [6.07, 6.45) is 1.62. The molecule has 5 nitrogen and oxygen atoms in total. The van der Waals surface area contributed by atoms with Crippen molar-refractivity contribution in [1.82, 2.24) is 10.3 Å². The van der Waals surface area contributed by atoms with Crippen molar-refractivity contribution in [2.75, 3.05) is 12.4 Å². The van der Waals surface area contributed by atoms with E-state index >= 15 is 0 Å². The molecule has 126 valence electrons. The molecule has 25 heavy (non-hydrogen) atoms. The minimum absolute atomic E-state index is 0.215. The molecule has 2 aromatic carbocycles. The van der Waals surface area contributed by atoms with Gasteiger partial charge in [-0.15, -0.1) is 0 Å². The van der Waals surface area contributed by atoms with Crippen molar-refractivity contribution >= 4 is 17.3 Å². The van der Waals surface area contributed by atoms with Crippen molar-refractivity contribution in [1.29, 1.82) is 0 Å². The van der Waals surface area contributed by atoms with Gasteiger partial charge in [0.1, 0.15) is 11.4 Å². The Morgan fingerprint density at radius 1 is 1.00 bits per heavy atom. The normalized spacial score (nSPS) is 10.1. The van der Waals surface area contributed by atoms with Gasteiger partial charge < -0.3 is 15.4 Å². The standard InChI is InChI=1S/C20H19N3O2/c1-25-18-9-7-15(8-10-18)14-22-20(24)19-13-17(11-12-21-19)23-16-5-3-2-4-6-16/h2-13H,14H2,1H3,(H,21,23)(H,22,24). The molecule has 0 saturated carbocycles. The van der Waals surface area contributed by atoms with Gasteiger partial charge in [0, 0.05) is 24.1 Å². The minimum atomic E-state index is -0.215. The Bertz CT molecular complexity index is 833. The lowest BCUT2D eigenvalue weighted by atomic mass is 10.2. The van der Waals surface area contributed by atoms with Gasteiger partial charge in [0.15, 0.2) is 0 Å². The number of ether oxygens (including phenoxy) is 1. The molecule has 0 unspecified atom stereocenters. The fourth-order valence-electron chi connectivity index (χ4n) is 2.34. The smallest absolute Gasteiger partial charge is 0.270 e. The number of carbonyl (C=O) groups excluding carboxylic acids is 1. The Morgan fingerprint density at radius 2 is 1.76 bits per heavy atom. The van der Waals surface area contributed by atoms with Crippen LogP contribution in [0, 0.1) is 0 Å². The first-order chi connectivity index (χ1) is 12.2. The fourth-order valence-corrected chi connectivity index (χ4v) is 2.34. The van der Waals surface area contributed by atoms with Crippen LogP contribution in [0.25, 0.3) is 0 Å². The number of rotatable bonds is 6. The second-order valence-electron chi connectivity index (χ2n) is 5.45. The largest absolute Gasteiger partial charge is 0.497 e. The van der Waals surface area contributed by atoms with Crippen LogP contribution < -0.4 is 15.4 Å². The number of methoxy groups -OCH3 is 1. The quantitative estimate of drug-likeness (QED) is 0.721. The molecule has 1 amide bonds. The molecule has 0 bridgehead atoms. The number of anilines is 2. The molecule has 0 radical (unpaired) electrons. The third kappa shape index (κ3) is 4.57. The van der Waals surface area contributed by atoms with Gasteiger partial charge in [-0.05, 0) is 42.0 Å². The molecular formula is C20H19N3O2. The van der Waals surface area contributed by atoms with E-state index in [1.807, 2.05) is 60.7 Å². The second-order valence-corrected chi connectivity index (χ2v) is 5.45. The third-order valence-electron chi connectivity index (χ3n) is 3.67. The molecule has 0 saturated heterocycles. The highest BCUT2D eigenvalue weighted by Crippen LogP contribution is 2.16. The lowest BCUT2D eigenvalue weighted by Crippen LogP contribution is -2.23. The molecule has 5 heteroatoms. The van der Waals surface area contributed by atoms with Crippen molar-refractivity contribution in [3.05, 3.63) is 84.2 Å². The van der Waals surface area contributed by atoms with Crippen LogP contribution in [0.15, 0.2) is 72.9 Å². The van der Waals surface area contributed by atoms with Crippen molar-refractivity contribution in [2.45, 2.75) is 6.54 Å². The molecule has 0 aliphatic carbocycles. The molecule has 0 aliphatic heterocycles. The van der Waals surface area contributed by atoms with Crippen molar-refractivity contribution in [2.24, 2.45) is 0 Å². The highest BCUT2D eigenvalue weighted by molar-refractivity contribution is 5.93. The molecule has 3 aromatic rings. The number of benzene rings is 2. The number of hydrogen-bond donors (Lipinski definition) is 2. The first kappa shape index (κ1) is 16.5. The molecule has 0 aliphatic rings. The fraction of sp³-hybridized carbons (Fsp3) is 0.100. The van der Waals surface area contributed by atoms with E-state index in [-0.39, 0.29) is 5.91 Å². The van der Waals surface area contributed by atoms with Crippen molar-refractivity contribution in [3.8, 4) is 5.75 Å². The lowest BCUT2D eigenvalue weighted by Gasteiger charge is -2.09. The third-order valence-corrected chi connectivity index (χ3v) is 3.67. The number of amides is 1. The van der Waals surface area contributed by atoms with Crippen LogP contribution in [0.5, 0.6) is 5.75 Å². The van der Waals surface area contributed by atoms with Crippen LogP contribution in [-0.2, 0) is 6.54 Å². The molecule has 1 heterocycles. The number of hydrogen-bond acceptors (Lipinski definition) is 4. The molecule has 3 rings (SSSR count). The van der Waals surface area contributed by atoms with E-state index in [1.54, 1.807) is 19.4 Å². The summed E-state index contributed by atoms with van der Waals surface area (Å²) in [5.41, 5.74) is 3.14. The maximum Gasteiger partial charge on any atom is 0.270 e. The Balaban J connectivity index is 1.62. The summed E-state index contributed by atoms with van der Waals surface area (Å²) in [5.74, 6) is 0.573. The Kier molecular flexibility index (Phi) is 5.26. The second kappa shape index (κ2) is 7.97. The van der Waals surface area contributed by atoms with Crippen LogP contribution in [0.4, 0.5) is 11.4 Å². The first-order valence-corrected chi connectivity index (χ1v) is 7.94. The zero-order chi connectivity index (χ0) is 17.5. The molecule has 0 fully saturated rings. The van der Waals surface area contributed by atoms with Gasteiger partial charge in [0.25, 0.3) is 5.91 Å². The Labute approximate surface area is 146 Å². The molecule has 0 spiro atoms. The number of nitrogens with zero attached hydrogens (tertiary/aromatic N) is 1. The van der Waals surface area contributed by atoms with Gasteiger partial charge >= 0.3 is 0 Å². The predicted molar refractivity (Wildman–Crippen MR) is 98.1 cm³/mol. The van der Waals surface area contributed by atoms with Crippen molar-refractivity contribution < 1.29 is 9.53 Å². The van der Waals surface area contributed by atoms with Gasteiger partial charge in [-0.1, -0.05) is 30.3 Å². The van der Waals surface area contributed by atoms with Gasteiger partial charge in [-0.3, -0.25) is 9.78 Å². The summed E-state index contributed by atoms with van der Waals surface area (Å²) in [6, 6.07) is 20.9. The Morgan fingerprint density at radius 3 is 2.48 bits per heavy atom. The first-order valence-electron chi connectivity index (χ1n) is 7.94. The highest BCUT2D eigenvalue weighted by atomic mass is 16.5. The molecule has 0 atom stereocenters. The molecular weight excluding hydrogens is 314 g/mol. The predicted octanol–water partition coefficient (Wildman–Crippen LogP) is 3.76.